The number of nitrogens with one attached hydrogen (secondary N) is 2. The molecule has 0 bridgehead atoms. The third kappa shape index (κ3) is 4.71. The number of aromatic nitrogens is 3. The lowest BCUT2D eigenvalue weighted by Gasteiger charge is -2.21. The fourth-order valence-corrected chi connectivity index (χ4v) is 2.33. The molecule has 0 aliphatic carbocycles. The Labute approximate surface area is 137 Å². The number of carbonyl (C=O) groups is 2. The van der Waals surface area contributed by atoms with E-state index >= 15 is 0 Å². The van der Waals surface area contributed by atoms with Gasteiger partial charge in [-0.1, -0.05) is 11.3 Å². The third-order valence-electron chi connectivity index (χ3n) is 3.00. The minimum Gasteiger partial charge on any atom is -0.355 e. The lowest BCUT2D eigenvalue weighted by Crippen LogP contribution is -2.37. The van der Waals surface area contributed by atoms with Gasteiger partial charge in [0.25, 0.3) is 5.91 Å². The summed E-state index contributed by atoms with van der Waals surface area (Å²) in [5, 5.41) is 13.2. The molecule has 9 heteroatoms. The van der Waals surface area contributed by atoms with E-state index in [0.717, 1.165) is 0 Å². The molecule has 0 saturated heterocycles. The van der Waals surface area contributed by atoms with Crippen LogP contribution in [0.3, 0.4) is 0 Å². The average Bonchev–Trinajstić information content (AvgIpc) is 3.06. The summed E-state index contributed by atoms with van der Waals surface area (Å²) < 4.78 is 0. The Morgan fingerprint density at radius 1 is 1.30 bits per heavy atom. The first-order valence-electron chi connectivity index (χ1n) is 7.19. The number of rotatable bonds is 7. The Morgan fingerprint density at radius 2 is 2.13 bits per heavy atom. The first-order valence-corrected chi connectivity index (χ1v) is 8.07. The summed E-state index contributed by atoms with van der Waals surface area (Å²) in [5.41, 5.74) is 1.95. The lowest BCUT2D eigenvalue weighted by molar-refractivity contribution is -0.119. The minimum atomic E-state index is -0.299. The SMILES string of the molecule is CCNC(=O)CN(CC)c1ccc(C(=O)Nc2nncs2)cn1. The number of hydrogen-bond donors (Lipinski definition) is 2. The van der Waals surface area contributed by atoms with Crippen molar-refractivity contribution in [3.8, 4) is 0 Å². The van der Waals surface area contributed by atoms with E-state index in [4.69, 9.17) is 0 Å². The van der Waals surface area contributed by atoms with Crippen molar-refractivity contribution in [1.29, 1.82) is 0 Å². The van der Waals surface area contributed by atoms with E-state index < -0.39 is 0 Å². The Bertz CT molecular complexity index is 644. The van der Waals surface area contributed by atoms with Crippen molar-refractivity contribution < 1.29 is 9.59 Å². The molecule has 2 rings (SSSR count). The average molecular weight is 334 g/mol. The summed E-state index contributed by atoms with van der Waals surface area (Å²) in [6.45, 7) is 5.28. The van der Waals surface area contributed by atoms with Gasteiger partial charge in [0.05, 0.1) is 12.1 Å². The van der Waals surface area contributed by atoms with Crippen molar-refractivity contribution in [2.45, 2.75) is 13.8 Å². The standard InChI is InChI=1S/C14H18N6O2S/c1-3-15-12(21)8-20(4-2)11-6-5-10(7-16-11)13(22)18-14-19-17-9-23-14/h5-7,9H,3-4,8H2,1-2H3,(H,15,21)(H,18,19,22). The Hall–Kier alpha value is -2.55. The van der Waals surface area contributed by atoms with Crippen LogP contribution in [0.15, 0.2) is 23.8 Å². The van der Waals surface area contributed by atoms with Crippen molar-refractivity contribution in [2.24, 2.45) is 0 Å². The van der Waals surface area contributed by atoms with Crippen LogP contribution in [-0.4, -0.2) is 46.6 Å². The van der Waals surface area contributed by atoms with Gasteiger partial charge in [0.2, 0.25) is 11.0 Å². The maximum absolute atomic E-state index is 12.0. The van der Waals surface area contributed by atoms with Crippen molar-refractivity contribution in [2.75, 3.05) is 29.9 Å². The molecule has 0 aliphatic rings. The van der Waals surface area contributed by atoms with Gasteiger partial charge in [0, 0.05) is 19.3 Å². The van der Waals surface area contributed by atoms with Gasteiger partial charge in [-0.2, -0.15) is 0 Å². The zero-order valence-electron chi connectivity index (χ0n) is 12.9. The molecule has 23 heavy (non-hydrogen) atoms. The van der Waals surface area contributed by atoms with Crippen molar-refractivity contribution in [3.63, 3.8) is 0 Å². The summed E-state index contributed by atoms with van der Waals surface area (Å²) in [5.74, 6) is 0.285. The van der Waals surface area contributed by atoms with Crippen LogP contribution in [0.25, 0.3) is 0 Å². The summed E-state index contributed by atoms with van der Waals surface area (Å²) in [7, 11) is 0. The van der Waals surface area contributed by atoms with Crippen LogP contribution in [-0.2, 0) is 4.79 Å². The summed E-state index contributed by atoms with van der Waals surface area (Å²) in [6, 6.07) is 3.39. The number of amides is 2. The molecule has 0 aliphatic heterocycles. The molecule has 122 valence electrons. The van der Waals surface area contributed by atoms with E-state index in [2.05, 4.69) is 25.8 Å². The van der Waals surface area contributed by atoms with Crippen LogP contribution in [0.1, 0.15) is 24.2 Å². The molecule has 0 aromatic carbocycles. The second kappa shape index (κ2) is 8.18. The molecular formula is C14H18N6O2S. The predicted molar refractivity (Wildman–Crippen MR) is 88.7 cm³/mol. The van der Waals surface area contributed by atoms with Crippen molar-refractivity contribution >= 4 is 34.1 Å². The molecule has 0 saturated carbocycles. The molecule has 2 aromatic rings. The number of carbonyl (C=O) groups excluding carboxylic acids is 2. The molecule has 2 heterocycles. The summed E-state index contributed by atoms with van der Waals surface area (Å²) >= 11 is 1.24. The number of nitrogens with zero attached hydrogens (tertiary/aromatic N) is 4. The fourth-order valence-electron chi connectivity index (χ4n) is 1.89. The number of pyridine rings is 1. The highest BCUT2D eigenvalue weighted by Gasteiger charge is 2.13. The quantitative estimate of drug-likeness (QED) is 0.788. The van der Waals surface area contributed by atoms with Gasteiger partial charge in [-0.25, -0.2) is 4.98 Å². The van der Waals surface area contributed by atoms with Crippen molar-refractivity contribution in [1.82, 2.24) is 20.5 Å². The highest BCUT2D eigenvalue weighted by atomic mass is 32.1. The van der Waals surface area contributed by atoms with Crippen LogP contribution in [0.5, 0.6) is 0 Å². The molecule has 0 radical (unpaired) electrons. The van der Waals surface area contributed by atoms with Gasteiger partial charge in [-0.15, -0.1) is 10.2 Å². The van der Waals surface area contributed by atoms with Gasteiger partial charge < -0.3 is 10.2 Å². The summed E-state index contributed by atoms with van der Waals surface area (Å²) in [6.07, 6.45) is 1.48. The summed E-state index contributed by atoms with van der Waals surface area (Å²) in [4.78, 5) is 29.8. The van der Waals surface area contributed by atoms with Gasteiger partial charge in [0.15, 0.2) is 0 Å². The molecule has 2 N–H and O–H groups in total. The first-order chi connectivity index (χ1) is 11.1. The molecular weight excluding hydrogens is 316 g/mol. The lowest BCUT2D eigenvalue weighted by atomic mass is 10.2. The van der Waals surface area contributed by atoms with Crippen LogP contribution in [0.4, 0.5) is 10.9 Å². The largest absolute Gasteiger partial charge is 0.355 e. The Kier molecular flexibility index (Phi) is 5.98. The molecule has 0 atom stereocenters. The molecule has 0 spiro atoms. The number of anilines is 2. The predicted octanol–water partition coefficient (Wildman–Crippen LogP) is 1.15. The highest BCUT2D eigenvalue weighted by molar-refractivity contribution is 7.13. The topological polar surface area (TPSA) is 100 Å². The van der Waals surface area contributed by atoms with Crippen LogP contribution in [0, 0.1) is 0 Å². The zero-order chi connectivity index (χ0) is 16.7. The Morgan fingerprint density at radius 3 is 2.70 bits per heavy atom. The molecule has 2 aromatic heterocycles. The van der Waals surface area contributed by atoms with E-state index in [9.17, 15) is 9.59 Å². The van der Waals surface area contributed by atoms with E-state index in [1.807, 2.05) is 18.7 Å². The second-order valence-electron chi connectivity index (χ2n) is 4.57. The van der Waals surface area contributed by atoms with Crippen LogP contribution in [0.2, 0.25) is 0 Å². The van der Waals surface area contributed by atoms with Gasteiger partial charge in [-0.3, -0.25) is 14.9 Å². The van der Waals surface area contributed by atoms with E-state index in [1.165, 1.54) is 23.0 Å². The maximum Gasteiger partial charge on any atom is 0.259 e. The number of likely N-dealkylation sites (N-methyl/N-ethyl adjacent to an activating group) is 2. The molecule has 8 nitrogen and oxygen atoms in total. The van der Waals surface area contributed by atoms with Crippen LogP contribution < -0.4 is 15.5 Å². The smallest absolute Gasteiger partial charge is 0.259 e. The van der Waals surface area contributed by atoms with Crippen LogP contribution >= 0.6 is 11.3 Å². The van der Waals surface area contributed by atoms with E-state index in [0.29, 0.717) is 29.6 Å². The molecule has 0 fully saturated rings. The van der Waals surface area contributed by atoms with Gasteiger partial charge in [0.1, 0.15) is 11.3 Å². The Balaban J connectivity index is 2.02. The number of hydrogen-bond acceptors (Lipinski definition) is 7. The van der Waals surface area contributed by atoms with Gasteiger partial charge in [-0.05, 0) is 26.0 Å². The fraction of sp³-hybridized carbons (Fsp3) is 0.357. The maximum atomic E-state index is 12.0. The highest BCUT2D eigenvalue weighted by Crippen LogP contribution is 2.13. The van der Waals surface area contributed by atoms with Crippen molar-refractivity contribution in [3.05, 3.63) is 29.4 Å². The first kappa shape index (κ1) is 16.8. The van der Waals surface area contributed by atoms with E-state index in [1.54, 1.807) is 12.1 Å². The van der Waals surface area contributed by atoms with E-state index in [-0.39, 0.29) is 18.4 Å². The minimum absolute atomic E-state index is 0.0609. The van der Waals surface area contributed by atoms with Gasteiger partial charge >= 0.3 is 0 Å². The molecule has 2 amide bonds. The monoisotopic (exact) mass is 334 g/mol. The zero-order valence-corrected chi connectivity index (χ0v) is 13.8. The second-order valence-corrected chi connectivity index (χ2v) is 5.40. The third-order valence-corrected chi connectivity index (χ3v) is 3.61. The molecule has 0 unspecified atom stereocenters. The normalized spacial score (nSPS) is 10.2.